The molecule has 2 aromatic rings. The first-order valence-corrected chi connectivity index (χ1v) is 7.88. The summed E-state index contributed by atoms with van der Waals surface area (Å²) in [5.74, 6) is 0.597. The second kappa shape index (κ2) is 6.89. The molecule has 0 aliphatic carbocycles. The lowest BCUT2D eigenvalue weighted by Gasteiger charge is -2.13. The number of hydrogen-bond donors (Lipinski definition) is 0. The minimum atomic E-state index is -0.261. The number of methoxy groups -OCH3 is 1. The number of unbranched alkanes of at least 4 members (excludes halogenated alkanes) is 1. The number of aromatic nitrogens is 4. The number of esters is 1. The summed E-state index contributed by atoms with van der Waals surface area (Å²) in [5.41, 5.74) is 1.65. The number of carbonyl (C=O) groups is 1. The first-order valence-electron chi connectivity index (χ1n) is 7.00. The molecule has 0 aliphatic rings. The van der Waals surface area contributed by atoms with E-state index in [2.05, 4.69) is 22.1 Å². The van der Waals surface area contributed by atoms with Crippen molar-refractivity contribution in [2.75, 3.05) is 7.11 Å². The van der Waals surface area contributed by atoms with Gasteiger partial charge in [0.25, 0.3) is 0 Å². The molecule has 2 rings (SSSR count). The predicted molar refractivity (Wildman–Crippen MR) is 81.4 cm³/mol. The van der Waals surface area contributed by atoms with Gasteiger partial charge in [0, 0.05) is 11.8 Å². The number of hydrogen-bond acceptors (Lipinski definition) is 6. The number of ether oxygens (including phenoxy) is 1. The van der Waals surface area contributed by atoms with E-state index in [1.165, 1.54) is 18.9 Å². The van der Waals surface area contributed by atoms with E-state index in [-0.39, 0.29) is 11.2 Å². The van der Waals surface area contributed by atoms with E-state index < -0.39 is 0 Å². The molecule has 0 N–H and O–H groups in total. The van der Waals surface area contributed by atoms with Crippen LogP contribution in [0.4, 0.5) is 0 Å². The maximum atomic E-state index is 11.9. The van der Waals surface area contributed by atoms with Crippen molar-refractivity contribution in [3.8, 4) is 0 Å². The lowest BCUT2D eigenvalue weighted by atomic mass is 10.2. The summed E-state index contributed by atoms with van der Waals surface area (Å²) in [6.45, 7) is 5.93. The second-order valence-electron chi connectivity index (χ2n) is 4.89. The molecule has 21 heavy (non-hydrogen) atoms. The molecule has 2 aromatic heterocycles. The molecule has 0 saturated carbocycles. The van der Waals surface area contributed by atoms with Crippen molar-refractivity contribution in [1.29, 1.82) is 0 Å². The summed E-state index contributed by atoms with van der Waals surface area (Å²) in [5, 5.41) is 8.77. The van der Waals surface area contributed by atoms with E-state index in [0.717, 1.165) is 36.4 Å². The van der Waals surface area contributed by atoms with Gasteiger partial charge in [0.1, 0.15) is 11.1 Å². The van der Waals surface area contributed by atoms with Crippen LogP contribution in [0.3, 0.4) is 0 Å². The second-order valence-corrected chi connectivity index (χ2v) is 6.06. The molecule has 0 saturated heterocycles. The molecule has 0 spiro atoms. The zero-order chi connectivity index (χ0) is 15.4. The molecule has 0 bridgehead atoms. The van der Waals surface area contributed by atoms with Crippen LogP contribution < -0.4 is 0 Å². The predicted octanol–water partition coefficient (Wildman–Crippen LogP) is 2.57. The maximum Gasteiger partial charge on any atom is 0.319 e. The van der Waals surface area contributed by atoms with E-state index in [4.69, 9.17) is 4.74 Å². The van der Waals surface area contributed by atoms with Crippen LogP contribution in [0.25, 0.3) is 5.65 Å². The van der Waals surface area contributed by atoms with Gasteiger partial charge in [-0.2, -0.15) is 0 Å². The normalized spacial score (nSPS) is 12.6. The smallest absolute Gasteiger partial charge is 0.319 e. The highest BCUT2D eigenvalue weighted by Gasteiger charge is 2.23. The number of nitrogens with zero attached hydrogens (tertiary/aromatic N) is 4. The Morgan fingerprint density at radius 2 is 2.19 bits per heavy atom. The summed E-state index contributed by atoms with van der Waals surface area (Å²) in [7, 11) is 1.42. The van der Waals surface area contributed by atoms with Crippen molar-refractivity contribution >= 4 is 23.4 Å². The lowest BCUT2D eigenvalue weighted by Crippen LogP contribution is -2.19. The van der Waals surface area contributed by atoms with Gasteiger partial charge in [-0.3, -0.25) is 9.20 Å². The van der Waals surface area contributed by atoms with Crippen molar-refractivity contribution in [2.24, 2.45) is 0 Å². The highest BCUT2D eigenvalue weighted by molar-refractivity contribution is 8.00. The minimum absolute atomic E-state index is 0.220. The highest BCUT2D eigenvalue weighted by atomic mass is 32.2. The Morgan fingerprint density at radius 3 is 2.86 bits per heavy atom. The van der Waals surface area contributed by atoms with Crippen LogP contribution in [0.5, 0.6) is 0 Å². The molecular formula is C14H20N4O2S. The van der Waals surface area contributed by atoms with Crippen molar-refractivity contribution in [3.05, 3.63) is 17.6 Å². The molecule has 7 heteroatoms. The van der Waals surface area contributed by atoms with Crippen molar-refractivity contribution in [1.82, 2.24) is 19.6 Å². The minimum Gasteiger partial charge on any atom is -0.468 e. The number of carbonyl (C=O) groups excluding carboxylic acids is 1. The summed E-state index contributed by atoms with van der Waals surface area (Å²) in [4.78, 5) is 16.3. The lowest BCUT2D eigenvalue weighted by molar-refractivity contribution is -0.140. The Kier molecular flexibility index (Phi) is 5.17. The van der Waals surface area contributed by atoms with Crippen molar-refractivity contribution < 1.29 is 9.53 Å². The molecule has 114 valence electrons. The third-order valence-corrected chi connectivity index (χ3v) is 4.38. The summed E-state index contributed by atoms with van der Waals surface area (Å²) in [6, 6.07) is 1.88. The van der Waals surface area contributed by atoms with E-state index in [0.29, 0.717) is 5.16 Å². The first-order chi connectivity index (χ1) is 10.1. The van der Waals surface area contributed by atoms with Gasteiger partial charge >= 0.3 is 5.97 Å². The third-order valence-electron chi connectivity index (χ3n) is 3.19. The largest absolute Gasteiger partial charge is 0.468 e. The summed E-state index contributed by atoms with van der Waals surface area (Å²) >= 11 is 1.39. The van der Waals surface area contributed by atoms with Gasteiger partial charge in [-0.1, -0.05) is 31.5 Å². The van der Waals surface area contributed by atoms with Crippen LogP contribution in [0, 0.1) is 13.8 Å². The Hall–Kier alpha value is -1.63. The molecule has 1 unspecified atom stereocenters. The van der Waals surface area contributed by atoms with Gasteiger partial charge in [0.15, 0.2) is 10.8 Å². The molecule has 0 aliphatic heterocycles. The third kappa shape index (κ3) is 3.53. The molecule has 0 aromatic carbocycles. The van der Waals surface area contributed by atoms with Crippen LogP contribution in [0.1, 0.15) is 37.7 Å². The summed E-state index contributed by atoms with van der Waals surface area (Å²) in [6.07, 6.45) is 2.77. The van der Waals surface area contributed by atoms with Gasteiger partial charge in [-0.25, -0.2) is 4.98 Å². The van der Waals surface area contributed by atoms with Gasteiger partial charge < -0.3 is 4.74 Å². The van der Waals surface area contributed by atoms with Crippen LogP contribution in [-0.2, 0) is 9.53 Å². The standard InChI is InChI=1S/C14H20N4O2S/c1-5-6-7-11(13(19)20-4)21-14-17-16-12-8-9(2)15-10(3)18(12)14/h8,11H,5-7H2,1-4H3. The average Bonchev–Trinajstić information content (AvgIpc) is 2.85. The molecular weight excluding hydrogens is 288 g/mol. The van der Waals surface area contributed by atoms with E-state index in [1.807, 2.05) is 24.3 Å². The monoisotopic (exact) mass is 308 g/mol. The maximum absolute atomic E-state index is 11.9. The van der Waals surface area contributed by atoms with Crippen LogP contribution in [0.15, 0.2) is 11.2 Å². The van der Waals surface area contributed by atoms with Gasteiger partial charge in [-0.15, -0.1) is 10.2 Å². The van der Waals surface area contributed by atoms with Crippen LogP contribution in [-0.4, -0.2) is 37.9 Å². The quantitative estimate of drug-likeness (QED) is 0.603. The zero-order valence-electron chi connectivity index (χ0n) is 12.8. The van der Waals surface area contributed by atoms with Crippen LogP contribution >= 0.6 is 11.8 Å². The molecule has 0 amide bonds. The Morgan fingerprint density at radius 1 is 1.43 bits per heavy atom. The fourth-order valence-corrected chi connectivity index (χ4v) is 3.30. The molecule has 0 radical (unpaired) electrons. The van der Waals surface area contributed by atoms with Crippen LogP contribution in [0.2, 0.25) is 0 Å². The number of thioether (sulfide) groups is 1. The van der Waals surface area contributed by atoms with Crippen molar-refractivity contribution in [2.45, 2.75) is 50.4 Å². The number of rotatable bonds is 6. The van der Waals surface area contributed by atoms with Crippen molar-refractivity contribution in [3.63, 3.8) is 0 Å². The topological polar surface area (TPSA) is 69.4 Å². The SMILES string of the molecule is CCCCC(Sc1nnc2cc(C)nc(C)n12)C(=O)OC. The molecule has 6 nitrogen and oxygen atoms in total. The number of fused-ring (bicyclic) bond motifs is 1. The van der Waals surface area contributed by atoms with Gasteiger partial charge in [0.2, 0.25) is 0 Å². The van der Waals surface area contributed by atoms with Gasteiger partial charge in [-0.05, 0) is 20.3 Å². The van der Waals surface area contributed by atoms with Gasteiger partial charge in [0.05, 0.1) is 7.11 Å². The first kappa shape index (κ1) is 15.8. The molecule has 1 atom stereocenters. The Balaban J connectivity index is 2.30. The van der Waals surface area contributed by atoms with E-state index in [1.54, 1.807) is 0 Å². The number of aryl methyl sites for hydroxylation is 2. The van der Waals surface area contributed by atoms with E-state index >= 15 is 0 Å². The highest BCUT2D eigenvalue weighted by Crippen LogP contribution is 2.27. The fraction of sp³-hybridized carbons (Fsp3) is 0.571. The summed E-state index contributed by atoms with van der Waals surface area (Å²) < 4.78 is 6.76. The molecule has 0 fully saturated rings. The molecule has 2 heterocycles. The zero-order valence-corrected chi connectivity index (χ0v) is 13.6. The Labute approximate surface area is 128 Å². The van der Waals surface area contributed by atoms with E-state index in [9.17, 15) is 4.79 Å². The fourth-order valence-electron chi connectivity index (χ4n) is 2.15. The Bertz CT molecular complexity index is 641. The average molecular weight is 308 g/mol.